The molecule has 23 heavy (non-hydrogen) atoms. The summed E-state index contributed by atoms with van der Waals surface area (Å²) in [6.07, 6.45) is 1.71. The molecule has 0 aliphatic carbocycles. The second-order valence-corrected chi connectivity index (χ2v) is 6.48. The van der Waals surface area contributed by atoms with Crippen LogP contribution >= 0.6 is 11.6 Å². The van der Waals surface area contributed by atoms with Crippen LogP contribution in [0.1, 0.15) is 54.9 Å². The Labute approximate surface area is 139 Å². The van der Waals surface area contributed by atoms with Gasteiger partial charge >= 0.3 is 0 Å². The van der Waals surface area contributed by atoms with Crippen molar-refractivity contribution < 1.29 is 14.1 Å². The largest absolute Gasteiger partial charge is 0.368 e. The zero-order valence-corrected chi connectivity index (χ0v) is 13.8. The van der Waals surface area contributed by atoms with E-state index >= 15 is 0 Å². The molecule has 6 nitrogen and oxygen atoms in total. The number of nitrogens with one attached hydrogen (secondary N) is 1. The monoisotopic (exact) mass is 335 g/mol. The standard InChI is InChI=1S/C16H18ClN3O3/c1-16(2,19-13(21)10-5-3-6-11(17)9-10)15-18-14(23-20-15)12-7-4-8-22-12/h3,5-6,9,12H,4,7-8H2,1-2H3,(H,19,21). The summed E-state index contributed by atoms with van der Waals surface area (Å²) in [7, 11) is 0. The van der Waals surface area contributed by atoms with E-state index in [4.69, 9.17) is 20.9 Å². The highest BCUT2D eigenvalue weighted by Crippen LogP contribution is 2.28. The number of hydrogen-bond acceptors (Lipinski definition) is 5. The molecule has 1 aromatic heterocycles. The van der Waals surface area contributed by atoms with Crippen molar-refractivity contribution in [2.75, 3.05) is 6.61 Å². The molecule has 1 aliphatic heterocycles. The van der Waals surface area contributed by atoms with E-state index in [0.717, 1.165) is 12.8 Å². The SMILES string of the molecule is CC(C)(NC(=O)c1cccc(Cl)c1)c1noc(C2CCCO2)n1. The maximum atomic E-state index is 12.4. The van der Waals surface area contributed by atoms with Crippen LogP contribution in [0.3, 0.4) is 0 Å². The van der Waals surface area contributed by atoms with E-state index in [1.807, 2.05) is 13.8 Å². The zero-order chi connectivity index (χ0) is 16.4. The molecule has 1 N–H and O–H groups in total. The molecule has 122 valence electrons. The lowest BCUT2D eigenvalue weighted by atomic mass is 10.0. The molecule has 1 aliphatic rings. The number of ether oxygens (including phenoxy) is 1. The number of carbonyl (C=O) groups is 1. The minimum Gasteiger partial charge on any atom is -0.368 e. The quantitative estimate of drug-likeness (QED) is 0.928. The highest BCUT2D eigenvalue weighted by Gasteiger charge is 2.31. The van der Waals surface area contributed by atoms with Crippen LogP contribution in [0.25, 0.3) is 0 Å². The van der Waals surface area contributed by atoms with Crippen molar-refractivity contribution in [1.29, 1.82) is 0 Å². The van der Waals surface area contributed by atoms with Gasteiger partial charge in [0.1, 0.15) is 6.10 Å². The zero-order valence-electron chi connectivity index (χ0n) is 13.0. The topological polar surface area (TPSA) is 77.2 Å². The van der Waals surface area contributed by atoms with Gasteiger partial charge in [-0.25, -0.2) is 0 Å². The number of carbonyl (C=O) groups excluding carboxylic acids is 1. The Kier molecular flexibility index (Phi) is 4.37. The van der Waals surface area contributed by atoms with Gasteiger partial charge in [0, 0.05) is 17.2 Å². The van der Waals surface area contributed by atoms with Crippen LogP contribution in [-0.4, -0.2) is 22.7 Å². The third-order valence-corrected chi connectivity index (χ3v) is 3.95. The van der Waals surface area contributed by atoms with Gasteiger partial charge in [0.25, 0.3) is 11.8 Å². The molecule has 7 heteroatoms. The maximum absolute atomic E-state index is 12.4. The Bertz CT molecular complexity index is 708. The third kappa shape index (κ3) is 3.54. The summed E-state index contributed by atoms with van der Waals surface area (Å²) < 4.78 is 10.8. The van der Waals surface area contributed by atoms with Crippen LogP contribution in [0.15, 0.2) is 28.8 Å². The maximum Gasteiger partial charge on any atom is 0.255 e. The average Bonchev–Trinajstić information content (AvgIpc) is 3.18. The summed E-state index contributed by atoms with van der Waals surface area (Å²) in [5.74, 6) is 0.627. The van der Waals surface area contributed by atoms with Gasteiger partial charge in [-0.05, 0) is 44.9 Å². The Balaban J connectivity index is 1.74. The van der Waals surface area contributed by atoms with Crippen molar-refractivity contribution >= 4 is 17.5 Å². The van der Waals surface area contributed by atoms with Gasteiger partial charge < -0.3 is 14.6 Å². The fraction of sp³-hybridized carbons (Fsp3) is 0.438. The molecule has 0 saturated carbocycles. The first-order valence-corrected chi connectivity index (χ1v) is 7.87. The second-order valence-electron chi connectivity index (χ2n) is 6.05. The van der Waals surface area contributed by atoms with Crippen LogP contribution in [0.2, 0.25) is 5.02 Å². The molecule has 3 rings (SSSR count). The van der Waals surface area contributed by atoms with E-state index < -0.39 is 5.54 Å². The number of aromatic nitrogens is 2. The highest BCUT2D eigenvalue weighted by molar-refractivity contribution is 6.30. The Morgan fingerprint density at radius 3 is 2.96 bits per heavy atom. The molecule has 1 fully saturated rings. The van der Waals surface area contributed by atoms with Crippen LogP contribution in [0.4, 0.5) is 0 Å². The fourth-order valence-corrected chi connectivity index (χ4v) is 2.62. The number of benzene rings is 1. The lowest BCUT2D eigenvalue weighted by molar-refractivity contribution is 0.0834. The summed E-state index contributed by atoms with van der Waals surface area (Å²) in [5.41, 5.74) is -0.298. The number of nitrogens with zero attached hydrogens (tertiary/aromatic N) is 2. The first-order chi connectivity index (χ1) is 11.0. The summed E-state index contributed by atoms with van der Waals surface area (Å²) in [6.45, 7) is 4.34. The number of hydrogen-bond donors (Lipinski definition) is 1. The van der Waals surface area contributed by atoms with Gasteiger partial charge in [0.2, 0.25) is 0 Å². The van der Waals surface area contributed by atoms with Crippen LogP contribution in [-0.2, 0) is 10.3 Å². The van der Waals surface area contributed by atoms with Crippen molar-refractivity contribution in [1.82, 2.24) is 15.5 Å². The molecule has 0 radical (unpaired) electrons. The molecule has 2 heterocycles. The van der Waals surface area contributed by atoms with Crippen LogP contribution < -0.4 is 5.32 Å². The van der Waals surface area contributed by atoms with Crippen LogP contribution in [0.5, 0.6) is 0 Å². The van der Waals surface area contributed by atoms with Gasteiger partial charge in [-0.1, -0.05) is 22.8 Å². The van der Waals surface area contributed by atoms with E-state index in [0.29, 0.717) is 28.9 Å². The molecule has 1 aromatic carbocycles. The number of rotatable bonds is 4. The minimum atomic E-state index is -0.778. The highest BCUT2D eigenvalue weighted by atomic mass is 35.5. The van der Waals surface area contributed by atoms with E-state index in [-0.39, 0.29) is 12.0 Å². The van der Waals surface area contributed by atoms with Crippen molar-refractivity contribution in [2.45, 2.75) is 38.3 Å². The summed E-state index contributed by atoms with van der Waals surface area (Å²) in [5, 5.41) is 7.40. The Hall–Kier alpha value is -1.92. The predicted molar refractivity (Wildman–Crippen MR) is 84.2 cm³/mol. The normalized spacial score (nSPS) is 18.1. The molecule has 2 aromatic rings. The van der Waals surface area contributed by atoms with Gasteiger partial charge in [-0.3, -0.25) is 4.79 Å². The first-order valence-electron chi connectivity index (χ1n) is 7.49. The molecule has 1 unspecified atom stereocenters. The molecule has 1 amide bonds. The van der Waals surface area contributed by atoms with Gasteiger partial charge in [0.05, 0.1) is 5.54 Å². The first kappa shape index (κ1) is 16.0. The molecular formula is C16H18ClN3O3. The lowest BCUT2D eigenvalue weighted by Gasteiger charge is -2.22. The average molecular weight is 336 g/mol. The second kappa shape index (κ2) is 6.29. The molecule has 1 saturated heterocycles. The van der Waals surface area contributed by atoms with Crippen molar-refractivity contribution in [3.05, 3.63) is 46.6 Å². The summed E-state index contributed by atoms with van der Waals surface area (Å²) in [4.78, 5) is 16.8. The van der Waals surface area contributed by atoms with Gasteiger partial charge in [-0.15, -0.1) is 0 Å². The van der Waals surface area contributed by atoms with E-state index in [1.165, 1.54) is 0 Å². The molecule has 0 spiro atoms. The van der Waals surface area contributed by atoms with Crippen molar-refractivity contribution in [2.24, 2.45) is 0 Å². The molecule has 1 atom stereocenters. The predicted octanol–water partition coefficient (Wildman–Crippen LogP) is 3.24. The number of halogens is 1. The van der Waals surface area contributed by atoms with Crippen molar-refractivity contribution in [3.8, 4) is 0 Å². The minimum absolute atomic E-state index is 0.143. The molecular weight excluding hydrogens is 318 g/mol. The fourth-order valence-electron chi connectivity index (χ4n) is 2.43. The third-order valence-electron chi connectivity index (χ3n) is 3.72. The summed E-state index contributed by atoms with van der Waals surface area (Å²) >= 11 is 5.92. The van der Waals surface area contributed by atoms with Crippen molar-refractivity contribution in [3.63, 3.8) is 0 Å². The van der Waals surface area contributed by atoms with Gasteiger partial charge in [-0.2, -0.15) is 4.98 Å². The molecule has 0 bridgehead atoms. The van der Waals surface area contributed by atoms with Crippen LogP contribution in [0, 0.1) is 0 Å². The van der Waals surface area contributed by atoms with E-state index in [9.17, 15) is 4.79 Å². The van der Waals surface area contributed by atoms with Gasteiger partial charge in [0.15, 0.2) is 5.82 Å². The Morgan fingerprint density at radius 1 is 1.43 bits per heavy atom. The Morgan fingerprint density at radius 2 is 2.26 bits per heavy atom. The lowest BCUT2D eigenvalue weighted by Crippen LogP contribution is -2.41. The van der Waals surface area contributed by atoms with E-state index in [1.54, 1.807) is 24.3 Å². The van der Waals surface area contributed by atoms with E-state index in [2.05, 4.69) is 15.5 Å². The number of amides is 1. The summed E-state index contributed by atoms with van der Waals surface area (Å²) in [6, 6.07) is 6.76. The smallest absolute Gasteiger partial charge is 0.255 e.